The first kappa shape index (κ1) is 21.7. The lowest BCUT2D eigenvalue weighted by Crippen LogP contribution is -2.33. The molecule has 3 rings (SSSR count). The van der Waals surface area contributed by atoms with Crippen molar-refractivity contribution in [2.24, 2.45) is 5.73 Å². The Morgan fingerprint density at radius 3 is 2.40 bits per heavy atom. The molecule has 0 bridgehead atoms. The number of carbonyl (C=O) groups excluding carboxylic acids is 3. The van der Waals surface area contributed by atoms with Crippen LogP contribution in [0.1, 0.15) is 11.1 Å². The van der Waals surface area contributed by atoms with E-state index in [-0.39, 0.29) is 11.1 Å². The van der Waals surface area contributed by atoms with Gasteiger partial charge in [0.15, 0.2) is 11.5 Å². The van der Waals surface area contributed by atoms with Gasteiger partial charge in [-0.15, -0.1) is 0 Å². The number of hydrogen-bond acceptors (Lipinski definition) is 8. The molecule has 0 aliphatic carbocycles. The molecule has 9 heteroatoms. The van der Waals surface area contributed by atoms with E-state index in [0.717, 1.165) is 22.9 Å². The van der Waals surface area contributed by atoms with Crippen LogP contribution in [0.2, 0.25) is 0 Å². The van der Waals surface area contributed by atoms with E-state index in [2.05, 4.69) is 10.1 Å². The maximum atomic E-state index is 11.8. The summed E-state index contributed by atoms with van der Waals surface area (Å²) in [5, 5.41) is 1.51. The first-order valence-corrected chi connectivity index (χ1v) is 10.1. The third-order valence-corrected chi connectivity index (χ3v) is 5.51. The Morgan fingerprint density at radius 2 is 1.80 bits per heavy atom. The summed E-state index contributed by atoms with van der Waals surface area (Å²) >= 11 is 0.988. The molecule has 2 aromatic rings. The smallest absolute Gasteiger partial charge is 0.322 e. The zero-order chi connectivity index (χ0) is 21.7. The fourth-order valence-corrected chi connectivity index (χ4v) is 3.83. The van der Waals surface area contributed by atoms with Crippen molar-refractivity contribution >= 4 is 28.9 Å². The molecule has 0 spiro atoms. The monoisotopic (exact) mass is 430 g/mol. The Balaban J connectivity index is 1.66. The summed E-state index contributed by atoms with van der Waals surface area (Å²) in [6.45, 7) is 0. The molecular weight excluding hydrogens is 408 g/mol. The van der Waals surface area contributed by atoms with Crippen LogP contribution in [0.5, 0.6) is 17.2 Å². The molecule has 8 nitrogen and oxygen atoms in total. The second-order valence-corrected chi connectivity index (χ2v) is 7.83. The molecule has 2 aromatic carbocycles. The van der Waals surface area contributed by atoms with Crippen LogP contribution in [0.4, 0.5) is 4.79 Å². The molecule has 1 unspecified atom stereocenters. The third-order valence-electron chi connectivity index (χ3n) is 4.53. The summed E-state index contributed by atoms with van der Waals surface area (Å²) < 4.78 is 16.0. The van der Waals surface area contributed by atoms with E-state index >= 15 is 0 Å². The van der Waals surface area contributed by atoms with Crippen molar-refractivity contribution in [1.29, 1.82) is 0 Å². The van der Waals surface area contributed by atoms with E-state index in [9.17, 15) is 14.4 Å². The zero-order valence-corrected chi connectivity index (χ0v) is 17.4. The Kier molecular flexibility index (Phi) is 6.96. The van der Waals surface area contributed by atoms with Crippen molar-refractivity contribution in [3.63, 3.8) is 0 Å². The van der Waals surface area contributed by atoms with E-state index < -0.39 is 17.3 Å². The van der Waals surface area contributed by atoms with Crippen LogP contribution >= 0.6 is 11.8 Å². The van der Waals surface area contributed by atoms with Gasteiger partial charge in [-0.3, -0.25) is 19.7 Å². The van der Waals surface area contributed by atoms with Gasteiger partial charge >= 0.3 is 5.97 Å². The van der Waals surface area contributed by atoms with Gasteiger partial charge in [-0.25, -0.2) is 0 Å². The van der Waals surface area contributed by atoms with Crippen LogP contribution in [0.25, 0.3) is 0 Å². The number of imide groups is 1. The Labute approximate surface area is 178 Å². The minimum absolute atomic E-state index is 0.281. The molecule has 1 fully saturated rings. The van der Waals surface area contributed by atoms with Gasteiger partial charge in [-0.2, -0.15) is 0 Å². The number of nitrogens with two attached hydrogens (primary N) is 1. The number of carbonyl (C=O) groups is 3. The normalized spacial score (nSPS) is 16.7. The molecule has 3 N–H and O–H groups in total. The van der Waals surface area contributed by atoms with Crippen LogP contribution < -0.4 is 20.5 Å². The third kappa shape index (κ3) is 5.31. The van der Waals surface area contributed by atoms with Gasteiger partial charge in [-0.05, 0) is 48.2 Å². The van der Waals surface area contributed by atoms with Gasteiger partial charge in [0.2, 0.25) is 5.91 Å². The summed E-state index contributed by atoms with van der Waals surface area (Å²) in [5.74, 6) is 0.876. The quantitative estimate of drug-likeness (QED) is 0.613. The van der Waals surface area contributed by atoms with E-state index in [1.807, 2.05) is 18.2 Å². The van der Waals surface area contributed by atoms with Crippen LogP contribution in [0.15, 0.2) is 42.5 Å². The highest BCUT2D eigenvalue weighted by Crippen LogP contribution is 2.34. The molecule has 0 aromatic heterocycles. The SMILES string of the molecule is COC(=O)[C@@H](N)Cc1ccc(Oc2ccc(CC3SC(=O)NC3=O)cc2OC)cc1. The number of amides is 2. The van der Waals surface area contributed by atoms with E-state index in [1.165, 1.54) is 14.2 Å². The topological polar surface area (TPSA) is 117 Å². The number of esters is 1. The van der Waals surface area contributed by atoms with Gasteiger partial charge in [0.25, 0.3) is 5.24 Å². The second-order valence-electron chi connectivity index (χ2n) is 6.65. The molecule has 158 valence electrons. The van der Waals surface area contributed by atoms with Gasteiger partial charge < -0.3 is 19.9 Å². The highest BCUT2D eigenvalue weighted by molar-refractivity contribution is 8.15. The average Bonchev–Trinajstić information content (AvgIpc) is 3.06. The minimum Gasteiger partial charge on any atom is -0.493 e. The number of nitrogens with one attached hydrogen (secondary N) is 1. The maximum Gasteiger partial charge on any atom is 0.322 e. The Morgan fingerprint density at radius 1 is 1.10 bits per heavy atom. The zero-order valence-electron chi connectivity index (χ0n) is 16.5. The molecule has 1 aliphatic rings. The van der Waals surface area contributed by atoms with E-state index in [4.69, 9.17) is 15.2 Å². The molecule has 2 amide bonds. The first-order chi connectivity index (χ1) is 14.4. The van der Waals surface area contributed by atoms with Crippen molar-refractivity contribution in [2.75, 3.05) is 14.2 Å². The fraction of sp³-hybridized carbons (Fsp3) is 0.286. The number of methoxy groups -OCH3 is 2. The number of thioether (sulfide) groups is 1. The van der Waals surface area contributed by atoms with Crippen LogP contribution in [0, 0.1) is 0 Å². The van der Waals surface area contributed by atoms with Crippen LogP contribution in [-0.4, -0.2) is 42.6 Å². The van der Waals surface area contributed by atoms with Crippen molar-refractivity contribution in [3.05, 3.63) is 53.6 Å². The van der Waals surface area contributed by atoms with Gasteiger partial charge in [0.1, 0.15) is 11.8 Å². The van der Waals surface area contributed by atoms with Gasteiger partial charge in [-0.1, -0.05) is 30.0 Å². The molecule has 2 atom stereocenters. The van der Waals surface area contributed by atoms with Gasteiger partial charge in [0, 0.05) is 0 Å². The van der Waals surface area contributed by atoms with Crippen LogP contribution in [0.3, 0.4) is 0 Å². The lowest BCUT2D eigenvalue weighted by Gasteiger charge is -2.14. The number of rotatable bonds is 8. The first-order valence-electron chi connectivity index (χ1n) is 9.18. The number of benzene rings is 2. The largest absolute Gasteiger partial charge is 0.493 e. The molecule has 0 saturated carbocycles. The molecular formula is C21H22N2O6S. The molecule has 30 heavy (non-hydrogen) atoms. The predicted molar refractivity (Wildman–Crippen MR) is 112 cm³/mol. The van der Waals surface area contributed by atoms with E-state index in [0.29, 0.717) is 30.1 Å². The van der Waals surface area contributed by atoms with Crippen molar-refractivity contribution in [1.82, 2.24) is 5.32 Å². The molecule has 0 radical (unpaired) electrons. The lowest BCUT2D eigenvalue weighted by molar-refractivity contribution is -0.142. The summed E-state index contributed by atoms with van der Waals surface area (Å²) in [6, 6.07) is 11.9. The number of hydrogen-bond donors (Lipinski definition) is 2. The predicted octanol–water partition coefficient (Wildman–Crippen LogP) is 2.42. The Bertz CT molecular complexity index is 947. The molecule has 1 aliphatic heterocycles. The summed E-state index contributed by atoms with van der Waals surface area (Å²) in [5.41, 5.74) is 7.51. The summed E-state index contributed by atoms with van der Waals surface area (Å²) in [4.78, 5) is 34.5. The molecule has 1 saturated heterocycles. The summed E-state index contributed by atoms with van der Waals surface area (Å²) in [6.07, 6.45) is 0.772. The van der Waals surface area contributed by atoms with Crippen LogP contribution in [-0.2, 0) is 27.2 Å². The highest BCUT2D eigenvalue weighted by atomic mass is 32.2. The minimum atomic E-state index is -0.718. The van der Waals surface area contributed by atoms with E-state index in [1.54, 1.807) is 24.3 Å². The van der Waals surface area contributed by atoms with Crippen molar-refractivity contribution in [2.45, 2.75) is 24.1 Å². The lowest BCUT2D eigenvalue weighted by atomic mass is 10.1. The van der Waals surface area contributed by atoms with Crippen molar-refractivity contribution < 1.29 is 28.6 Å². The molecule has 1 heterocycles. The second kappa shape index (κ2) is 9.64. The Hall–Kier alpha value is -3.04. The number of ether oxygens (including phenoxy) is 3. The van der Waals surface area contributed by atoms with Crippen molar-refractivity contribution in [3.8, 4) is 17.2 Å². The average molecular weight is 430 g/mol. The fourth-order valence-electron chi connectivity index (χ4n) is 2.97. The standard InChI is InChI=1S/C21H22N2O6S/c1-27-17-10-13(11-18-19(24)23-21(26)30-18)5-8-16(17)29-14-6-3-12(4-7-14)9-15(22)20(25)28-2/h3-8,10,15,18H,9,11,22H2,1-2H3,(H,23,24,26)/t15-,18?/m0/s1. The van der Waals surface area contributed by atoms with Gasteiger partial charge in [0.05, 0.1) is 19.5 Å². The summed E-state index contributed by atoms with van der Waals surface area (Å²) in [7, 11) is 2.84. The highest BCUT2D eigenvalue weighted by Gasteiger charge is 2.31. The maximum absolute atomic E-state index is 11.8.